The Kier molecular flexibility index (Phi) is 4.75. The summed E-state index contributed by atoms with van der Waals surface area (Å²) in [5, 5.41) is 8.64. The topological polar surface area (TPSA) is 60.9 Å². The molecule has 0 bridgehead atoms. The molecule has 1 aromatic carbocycles. The SMILES string of the molecule is CN(C)C1CCN(C(=O)c2cccc(C=CC(=O)O)c2)C1. The van der Waals surface area contributed by atoms with Gasteiger partial charge in [-0.1, -0.05) is 12.1 Å². The van der Waals surface area contributed by atoms with Crippen LogP contribution in [-0.4, -0.2) is 60.0 Å². The molecule has 1 fully saturated rings. The lowest BCUT2D eigenvalue weighted by molar-refractivity contribution is -0.131. The van der Waals surface area contributed by atoms with Crippen LogP contribution in [0.15, 0.2) is 30.3 Å². The van der Waals surface area contributed by atoms with Crippen LogP contribution in [0.5, 0.6) is 0 Å². The van der Waals surface area contributed by atoms with E-state index in [1.807, 2.05) is 19.0 Å². The van der Waals surface area contributed by atoms with Crippen molar-refractivity contribution in [2.45, 2.75) is 12.5 Å². The fourth-order valence-electron chi connectivity index (χ4n) is 2.47. The fourth-order valence-corrected chi connectivity index (χ4v) is 2.47. The Hall–Kier alpha value is -2.14. The van der Waals surface area contributed by atoms with Crippen molar-refractivity contribution in [3.63, 3.8) is 0 Å². The highest BCUT2D eigenvalue weighted by molar-refractivity contribution is 5.95. The van der Waals surface area contributed by atoms with Crippen LogP contribution in [0.1, 0.15) is 22.3 Å². The average Bonchev–Trinajstić information content (AvgIpc) is 2.94. The summed E-state index contributed by atoms with van der Waals surface area (Å²) in [6.45, 7) is 1.50. The first-order chi connectivity index (χ1) is 9.97. The summed E-state index contributed by atoms with van der Waals surface area (Å²) >= 11 is 0. The number of likely N-dealkylation sites (N-methyl/N-ethyl adjacent to an activating group) is 1. The van der Waals surface area contributed by atoms with Crippen LogP contribution in [0.4, 0.5) is 0 Å². The van der Waals surface area contributed by atoms with Crippen LogP contribution in [0.25, 0.3) is 6.08 Å². The molecule has 0 radical (unpaired) electrons. The van der Waals surface area contributed by atoms with E-state index in [1.54, 1.807) is 24.3 Å². The number of likely N-dealkylation sites (tertiary alicyclic amines) is 1. The second-order valence-corrected chi connectivity index (χ2v) is 5.45. The molecular formula is C16H20N2O3. The summed E-state index contributed by atoms with van der Waals surface area (Å²) in [7, 11) is 4.05. The highest BCUT2D eigenvalue weighted by Crippen LogP contribution is 2.17. The van der Waals surface area contributed by atoms with Crippen LogP contribution in [0.3, 0.4) is 0 Å². The van der Waals surface area contributed by atoms with Crippen LogP contribution in [0.2, 0.25) is 0 Å². The summed E-state index contributed by atoms with van der Waals surface area (Å²) in [6.07, 6.45) is 3.55. The molecular weight excluding hydrogens is 268 g/mol. The number of benzene rings is 1. The Bertz CT molecular complexity index is 566. The maximum absolute atomic E-state index is 12.5. The quantitative estimate of drug-likeness (QED) is 0.854. The highest BCUT2D eigenvalue weighted by Gasteiger charge is 2.27. The van der Waals surface area contributed by atoms with Crippen molar-refractivity contribution >= 4 is 18.0 Å². The average molecular weight is 288 g/mol. The number of nitrogens with zero attached hydrogens (tertiary/aromatic N) is 2. The Morgan fingerprint density at radius 2 is 2.14 bits per heavy atom. The van der Waals surface area contributed by atoms with E-state index < -0.39 is 5.97 Å². The Balaban J connectivity index is 2.10. The van der Waals surface area contributed by atoms with Crippen LogP contribution >= 0.6 is 0 Å². The minimum absolute atomic E-state index is 0.00456. The summed E-state index contributed by atoms with van der Waals surface area (Å²) < 4.78 is 0. The van der Waals surface area contributed by atoms with Gasteiger partial charge in [0.15, 0.2) is 0 Å². The van der Waals surface area contributed by atoms with Crippen molar-refractivity contribution in [2.24, 2.45) is 0 Å². The number of amides is 1. The molecule has 21 heavy (non-hydrogen) atoms. The third kappa shape index (κ3) is 3.92. The molecule has 1 aliphatic rings. The second kappa shape index (κ2) is 6.54. The summed E-state index contributed by atoms with van der Waals surface area (Å²) in [5.74, 6) is -0.995. The van der Waals surface area contributed by atoms with Crippen LogP contribution < -0.4 is 0 Å². The highest BCUT2D eigenvalue weighted by atomic mass is 16.4. The predicted molar refractivity (Wildman–Crippen MR) is 81.1 cm³/mol. The van der Waals surface area contributed by atoms with Gasteiger partial charge in [-0.25, -0.2) is 4.79 Å². The molecule has 5 nitrogen and oxygen atoms in total. The van der Waals surface area contributed by atoms with Gasteiger partial charge < -0.3 is 14.9 Å². The zero-order valence-electron chi connectivity index (χ0n) is 12.3. The lowest BCUT2D eigenvalue weighted by Crippen LogP contribution is -2.34. The van der Waals surface area contributed by atoms with Gasteiger partial charge in [0.2, 0.25) is 0 Å². The van der Waals surface area contributed by atoms with E-state index in [1.165, 1.54) is 6.08 Å². The first-order valence-electron chi connectivity index (χ1n) is 6.94. The van der Waals surface area contributed by atoms with Gasteiger partial charge >= 0.3 is 5.97 Å². The molecule has 1 heterocycles. The second-order valence-electron chi connectivity index (χ2n) is 5.45. The Morgan fingerprint density at radius 1 is 1.38 bits per heavy atom. The smallest absolute Gasteiger partial charge is 0.328 e. The predicted octanol–water partition coefficient (Wildman–Crippen LogP) is 1.56. The van der Waals surface area contributed by atoms with E-state index in [-0.39, 0.29) is 5.91 Å². The molecule has 1 aliphatic heterocycles. The van der Waals surface area contributed by atoms with Crippen LogP contribution in [-0.2, 0) is 4.79 Å². The normalized spacial score (nSPS) is 18.6. The molecule has 2 rings (SSSR count). The van der Waals surface area contributed by atoms with Gasteiger partial charge in [0.1, 0.15) is 0 Å². The summed E-state index contributed by atoms with van der Waals surface area (Å²) in [4.78, 5) is 27.0. The molecule has 1 saturated heterocycles. The molecule has 0 aromatic heterocycles. The van der Waals surface area contributed by atoms with E-state index in [0.717, 1.165) is 25.6 Å². The largest absolute Gasteiger partial charge is 0.478 e. The summed E-state index contributed by atoms with van der Waals surface area (Å²) in [6, 6.07) is 7.45. The molecule has 1 N–H and O–H groups in total. The number of rotatable bonds is 4. The van der Waals surface area contributed by atoms with Gasteiger partial charge in [0.05, 0.1) is 0 Å². The van der Waals surface area contributed by atoms with Gasteiger partial charge in [-0.15, -0.1) is 0 Å². The zero-order valence-corrected chi connectivity index (χ0v) is 12.3. The first kappa shape index (κ1) is 15.3. The van der Waals surface area contributed by atoms with Crippen molar-refractivity contribution in [1.82, 2.24) is 9.80 Å². The van der Waals surface area contributed by atoms with E-state index in [9.17, 15) is 9.59 Å². The van der Waals surface area contributed by atoms with Crippen molar-refractivity contribution in [3.05, 3.63) is 41.5 Å². The number of carboxylic acids is 1. The third-order valence-corrected chi connectivity index (χ3v) is 3.73. The Morgan fingerprint density at radius 3 is 2.76 bits per heavy atom. The molecule has 1 amide bonds. The molecule has 1 atom stereocenters. The first-order valence-corrected chi connectivity index (χ1v) is 6.94. The van der Waals surface area contributed by atoms with E-state index in [2.05, 4.69) is 4.90 Å². The van der Waals surface area contributed by atoms with Crippen molar-refractivity contribution in [1.29, 1.82) is 0 Å². The van der Waals surface area contributed by atoms with Gasteiger partial charge in [0, 0.05) is 30.8 Å². The maximum atomic E-state index is 12.5. The van der Waals surface area contributed by atoms with E-state index >= 15 is 0 Å². The molecule has 1 aromatic rings. The molecule has 112 valence electrons. The summed E-state index contributed by atoms with van der Waals surface area (Å²) in [5.41, 5.74) is 1.31. The lowest BCUT2D eigenvalue weighted by atomic mass is 10.1. The van der Waals surface area contributed by atoms with Crippen molar-refractivity contribution < 1.29 is 14.7 Å². The zero-order chi connectivity index (χ0) is 15.4. The number of hydrogen-bond donors (Lipinski definition) is 1. The van der Waals surface area contributed by atoms with E-state index in [4.69, 9.17) is 5.11 Å². The maximum Gasteiger partial charge on any atom is 0.328 e. The van der Waals surface area contributed by atoms with Crippen molar-refractivity contribution in [3.8, 4) is 0 Å². The standard InChI is InChI=1S/C16H20N2O3/c1-17(2)14-8-9-18(11-14)16(21)13-5-3-4-12(10-13)6-7-15(19)20/h3-7,10,14H,8-9,11H2,1-2H3,(H,19,20). The lowest BCUT2D eigenvalue weighted by Gasteiger charge is -2.20. The fraction of sp³-hybridized carbons (Fsp3) is 0.375. The van der Waals surface area contributed by atoms with Crippen LogP contribution in [0, 0.1) is 0 Å². The number of aliphatic carboxylic acids is 1. The third-order valence-electron chi connectivity index (χ3n) is 3.73. The molecule has 1 unspecified atom stereocenters. The van der Waals surface area contributed by atoms with Crippen molar-refractivity contribution in [2.75, 3.05) is 27.2 Å². The van der Waals surface area contributed by atoms with Gasteiger partial charge in [-0.2, -0.15) is 0 Å². The molecule has 0 saturated carbocycles. The minimum atomic E-state index is -1.000. The van der Waals surface area contributed by atoms with Gasteiger partial charge in [-0.05, 0) is 44.3 Å². The Labute approximate surface area is 124 Å². The number of carbonyl (C=O) groups is 2. The molecule has 5 heteroatoms. The number of carboxylic acid groups (broad SMARTS) is 1. The molecule has 0 spiro atoms. The molecule has 0 aliphatic carbocycles. The van der Waals surface area contributed by atoms with E-state index in [0.29, 0.717) is 17.2 Å². The number of carbonyl (C=O) groups excluding carboxylic acids is 1. The monoisotopic (exact) mass is 288 g/mol. The van der Waals surface area contributed by atoms with Gasteiger partial charge in [-0.3, -0.25) is 4.79 Å². The number of hydrogen-bond acceptors (Lipinski definition) is 3. The minimum Gasteiger partial charge on any atom is -0.478 e. The van der Waals surface area contributed by atoms with Gasteiger partial charge in [0.25, 0.3) is 5.91 Å².